The highest BCUT2D eigenvalue weighted by atomic mass is 16.3. The van der Waals surface area contributed by atoms with Crippen LogP contribution >= 0.6 is 0 Å². The van der Waals surface area contributed by atoms with Gasteiger partial charge in [0.25, 0.3) is 0 Å². The molecule has 1 aliphatic heterocycles. The lowest BCUT2D eigenvalue weighted by Crippen LogP contribution is -2.50. The second-order valence-electron chi connectivity index (χ2n) is 8.34. The van der Waals surface area contributed by atoms with E-state index in [4.69, 9.17) is 4.42 Å². The minimum Gasteiger partial charge on any atom is -0.463 e. The molecule has 3 heterocycles. The van der Waals surface area contributed by atoms with E-state index in [0.717, 1.165) is 5.56 Å². The standard InChI is InChI=1S/C22H25N5O3/c1-22(2,3)20(29)24-18-12-16(17-10-7-11-30-17)26-27(18)21-23-15(13-19(28)25-21)14-8-5-4-6-9-14/h4-12,15,21,23H,13H2,1-3H3,(H,24,29)(H,25,28). The summed E-state index contributed by atoms with van der Waals surface area (Å²) in [6.45, 7) is 5.51. The van der Waals surface area contributed by atoms with Crippen LogP contribution in [0, 0.1) is 5.41 Å². The molecule has 4 rings (SSSR count). The molecule has 0 bridgehead atoms. The van der Waals surface area contributed by atoms with Gasteiger partial charge in [-0.15, -0.1) is 0 Å². The Morgan fingerprint density at radius 1 is 1.20 bits per heavy atom. The van der Waals surface area contributed by atoms with Crippen LogP contribution in [0.2, 0.25) is 0 Å². The van der Waals surface area contributed by atoms with E-state index in [2.05, 4.69) is 21.0 Å². The zero-order valence-electron chi connectivity index (χ0n) is 17.2. The molecule has 1 saturated heterocycles. The maximum Gasteiger partial charge on any atom is 0.230 e. The zero-order valence-corrected chi connectivity index (χ0v) is 17.2. The summed E-state index contributed by atoms with van der Waals surface area (Å²) in [5, 5.41) is 13.9. The first kappa shape index (κ1) is 19.9. The van der Waals surface area contributed by atoms with E-state index in [1.54, 1.807) is 29.1 Å². The maximum absolute atomic E-state index is 12.6. The summed E-state index contributed by atoms with van der Waals surface area (Å²) in [4.78, 5) is 25.1. The number of carbonyl (C=O) groups is 2. The van der Waals surface area contributed by atoms with Crippen LogP contribution in [0.25, 0.3) is 11.5 Å². The first-order valence-electron chi connectivity index (χ1n) is 9.86. The fourth-order valence-electron chi connectivity index (χ4n) is 3.25. The first-order valence-corrected chi connectivity index (χ1v) is 9.86. The van der Waals surface area contributed by atoms with Crippen molar-refractivity contribution in [2.75, 3.05) is 5.32 Å². The number of amides is 2. The van der Waals surface area contributed by atoms with E-state index in [9.17, 15) is 9.59 Å². The van der Waals surface area contributed by atoms with Gasteiger partial charge in [-0.3, -0.25) is 14.9 Å². The van der Waals surface area contributed by atoms with E-state index >= 15 is 0 Å². The molecule has 1 fully saturated rings. The summed E-state index contributed by atoms with van der Waals surface area (Å²) in [6, 6.07) is 14.9. The van der Waals surface area contributed by atoms with Gasteiger partial charge in [-0.05, 0) is 17.7 Å². The molecule has 1 aromatic carbocycles. The normalized spacial score (nSPS) is 19.4. The summed E-state index contributed by atoms with van der Waals surface area (Å²) in [5.74, 6) is 0.779. The molecule has 30 heavy (non-hydrogen) atoms. The summed E-state index contributed by atoms with van der Waals surface area (Å²) < 4.78 is 7.04. The van der Waals surface area contributed by atoms with Crippen molar-refractivity contribution in [3.63, 3.8) is 0 Å². The second kappa shape index (κ2) is 7.79. The fourth-order valence-corrected chi connectivity index (χ4v) is 3.25. The van der Waals surface area contributed by atoms with Crippen molar-refractivity contribution in [3.8, 4) is 11.5 Å². The molecule has 156 valence electrons. The van der Waals surface area contributed by atoms with Crippen molar-refractivity contribution in [3.05, 3.63) is 60.4 Å². The summed E-state index contributed by atoms with van der Waals surface area (Å²) in [5.41, 5.74) is 0.980. The number of hydrogen-bond donors (Lipinski definition) is 3. The number of carbonyl (C=O) groups excluding carboxylic acids is 2. The molecule has 2 aromatic heterocycles. The summed E-state index contributed by atoms with van der Waals surface area (Å²) in [7, 11) is 0. The predicted octanol–water partition coefficient (Wildman–Crippen LogP) is 3.43. The van der Waals surface area contributed by atoms with Crippen LogP contribution < -0.4 is 16.0 Å². The van der Waals surface area contributed by atoms with Crippen molar-refractivity contribution in [2.24, 2.45) is 5.41 Å². The van der Waals surface area contributed by atoms with E-state index in [-0.39, 0.29) is 17.9 Å². The zero-order chi connectivity index (χ0) is 21.3. The van der Waals surface area contributed by atoms with Crippen LogP contribution in [-0.4, -0.2) is 21.6 Å². The lowest BCUT2D eigenvalue weighted by molar-refractivity contribution is -0.125. The quantitative estimate of drug-likeness (QED) is 0.615. The van der Waals surface area contributed by atoms with Crippen molar-refractivity contribution < 1.29 is 14.0 Å². The van der Waals surface area contributed by atoms with Crippen LogP contribution in [0.3, 0.4) is 0 Å². The Hall–Kier alpha value is -3.39. The lowest BCUT2D eigenvalue weighted by Gasteiger charge is -2.32. The Kier molecular flexibility index (Phi) is 5.17. The summed E-state index contributed by atoms with van der Waals surface area (Å²) >= 11 is 0. The van der Waals surface area contributed by atoms with Crippen LogP contribution in [-0.2, 0) is 9.59 Å². The highest BCUT2D eigenvalue weighted by Crippen LogP contribution is 2.29. The van der Waals surface area contributed by atoms with Crippen molar-refractivity contribution in [1.82, 2.24) is 20.4 Å². The van der Waals surface area contributed by atoms with Gasteiger partial charge in [-0.2, -0.15) is 5.10 Å². The number of anilines is 1. The minimum absolute atomic E-state index is 0.101. The number of benzene rings is 1. The highest BCUT2D eigenvalue weighted by molar-refractivity contribution is 5.94. The largest absolute Gasteiger partial charge is 0.463 e. The number of hydrogen-bond acceptors (Lipinski definition) is 5. The van der Waals surface area contributed by atoms with Crippen molar-refractivity contribution >= 4 is 17.6 Å². The Morgan fingerprint density at radius 2 is 1.97 bits per heavy atom. The Morgan fingerprint density at radius 3 is 2.63 bits per heavy atom. The molecule has 0 spiro atoms. The van der Waals surface area contributed by atoms with Crippen molar-refractivity contribution in [1.29, 1.82) is 0 Å². The van der Waals surface area contributed by atoms with Gasteiger partial charge in [0, 0.05) is 23.9 Å². The van der Waals surface area contributed by atoms with Gasteiger partial charge in [0.1, 0.15) is 11.5 Å². The SMILES string of the molecule is CC(C)(C)C(=O)Nc1cc(-c2ccco2)nn1C1NC(=O)CC(c2ccccc2)N1. The van der Waals surface area contributed by atoms with Gasteiger partial charge in [0.15, 0.2) is 12.0 Å². The van der Waals surface area contributed by atoms with E-state index in [0.29, 0.717) is 23.7 Å². The number of nitrogens with zero attached hydrogens (tertiary/aromatic N) is 2. The highest BCUT2D eigenvalue weighted by Gasteiger charge is 2.31. The number of furan rings is 1. The molecule has 3 N–H and O–H groups in total. The molecule has 1 aliphatic rings. The molecule has 2 unspecified atom stereocenters. The number of rotatable bonds is 4. The predicted molar refractivity (Wildman–Crippen MR) is 112 cm³/mol. The maximum atomic E-state index is 12.6. The molecular formula is C22H25N5O3. The number of aromatic nitrogens is 2. The smallest absolute Gasteiger partial charge is 0.230 e. The molecule has 8 nitrogen and oxygen atoms in total. The second-order valence-corrected chi connectivity index (χ2v) is 8.34. The van der Waals surface area contributed by atoms with Gasteiger partial charge in [0.05, 0.1) is 6.26 Å². The third-order valence-electron chi connectivity index (χ3n) is 4.92. The van der Waals surface area contributed by atoms with Crippen LogP contribution in [0.4, 0.5) is 5.82 Å². The molecule has 2 atom stereocenters. The first-order chi connectivity index (χ1) is 14.3. The van der Waals surface area contributed by atoms with Crippen LogP contribution in [0.1, 0.15) is 45.1 Å². The lowest BCUT2D eigenvalue weighted by atomic mass is 9.96. The Labute approximate surface area is 174 Å². The van der Waals surface area contributed by atoms with E-state index in [1.165, 1.54) is 0 Å². The molecule has 8 heteroatoms. The Balaban J connectivity index is 1.69. The van der Waals surface area contributed by atoms with E-state index < -0.39 is 11.7 Å². The topological polar surface area (TPSA) is 101 Å². The van der Waals surface area contributed by atoms with Crippen LogP contribution in [0.15, 0.2) is 59.2 Å². The molecule has 0 radical (unpaired) electrons. The minimum atomic E-state index is -0.629. The average Bonchev–Trinajstić information content (AvgIpc) is 3.37. The monoisotopic (exact) mass is 407 g/mol. The fraction of sp³-hybridized carbons (Fsp3) is 0.318. The molecular weight excluding hydrogens is 382 g/mol. The molecule has 0 aliphatic carbocycles. The van der Waals surface area contributed by atoms with Gasteiger partial charge in [-0.25, -0.2) is 4.68 Å². The van der Waals surface area contributed by atoms with Gasteiger partial charge >= 0.3 is 0 Å². The van der Waals surface area contributed by atoms with Crippen LogP contribution in [0.5, 0.6) is 0 Å². The van der Waals surface area contributed by atoms with Gasteiger partial charge in [0.2, 0.25) is 11.8 Å². The van der Waals surface area contributed by atoms with E-state index in [1.807, 2.05) is 51.1 Å². The van der Waals surface area contributed by atoms with Crippen molar-refractivity contribution in [2.45, 2.75) is 39.5 Å². The molecule has 0 saturated carbocycles. The number of nitrogens with one attached hydrogen (secondary N) is 3. The summed E-state index contributed by atoms with van der Waals surface area (Å²) in [6.07, 6.45) is 1.25. The molecule has 3 aromatic rings. The third-order valence-corrected chi connectivity index (χ3v) is 4.92. The molecule has 2 amide bonds. The Bertz CT molecular complexity index is 1030. The average molecular weight is 407 g/mol. The third kappa shape index (κ3) is 4.13. The van der Waals surface area contributed by atoms with Gasteiger partial charge < -0.3 is 15.1 Å². The van der Waals surface area contributed by atoms with Gasteiger partial charge in [-0.1, -0.05) is 51.1 Å².